The Hall–Kier alpha value is -2.46. The molecule has 11 heteroatoms. The standard InChI is InChI=1S/C18H19ClF3N5O2/c1-9-13(16(28)25-23)15(11-6-7-12(19)27-26-11)14(10-4-2-3-5-10)17(24-9)29-8-18(20,21)22/h6-7,10H,2-5,8,23H2,1H3,(H,25,28). The monoisotopic (exact) mass is 429 g/mol. The molecule has 0 spiro atoms. The second-order valence-corrected chi connectivity index (χ2v) is 7.15. The molecule has 2 aromatic heterocycles. The zero-order valence-electron chi connectivity index (χ0n) is 15.5. The van der Waals surface area contributed by atoms with Crippen molar-refractivity contribution in [3.63, 3.8) is 0 Å². The number of nitrogens with zero attached hydrogens (tertiary/aromatic N) is 3. The van der Waals surface area contributed by atoms with Gasteiger partial charge in [0.2, 0.25) is 5.88 Å². The number of nitrogen functional groups attached to an aromatic ring is 1. The van der Waals surface area contributed by atoms with Crippen molar-refractivity contribution >= 4 is 17.5 Å². The van der Waals surface area contributed by atoms with Gasteiger partial charge in [-0.25, -0.2) is 10.8 Å². The van der Waals surface area contributed by atoms with Crippen LogP contribution in [0, 0.1) is 6.92 Å². The summed E-state index contributed by atoms with van der Waals surface area (Å²) in [5.41, 5.74) is 3.34. The zero-order valence-corrected chi connectivity index (χ0v) is 16.3. The second-order valence-electron chi connectivity index (χ2n) is 6.77. The number of aromatic nitrogens is 3. The van der Waals surface area contributed by atoms with Crippen LogP contribution in [0.25, 0.3) is 11.3 Å². The van der Waals surface area contributed by atoms with Gasteiger partial charge in [0.15, 0.2) is 11.8 Å². The van der Waals surface area contributed by atoms with Gasteiger partial charge in [-0.3, -0.25) is 10.2 Å². The molecule has 0 unspecified atom stereocenters. The summed E-state index contributed by atoms with van der Waals surface area (Å²) in [4.78, 5) is 16.7. The van der Waals surface area contributed by atoms with Crippen molar-refractivity contribution < 1.29 is 22.7 Å². The highest BCUT2D eigenvalue weighted by atomic mass is 35.5. The maximum Gasteiger partial charge on any atom is 0.422 e. The Bertz CT molecular complexity index is 900. The molecule has 0 radical (unpaired) electrons. The first-order valence-electron chi connectivity index (χ1n) is 8.96. The minimum atomic E-state index is -4.53. The molecule has 0 aliphatic heterocycles. The highest BCUT2D eigenvalue weighted by molar-refractivity contribution is 6.29. The highest BCUT2D eigenvalue weighted by Gasteiger charge is 2.34. The van der Waals surface area contributed by atoms with Crippen LogP contribution in [0.1, 0.15) is 53.2 Å². The van der Waals surface area contributed by atoms with Crippen molar-refractivity contribution in [2.75, 3.05) is 6.61 Å². The lowest BCUT2D eigenvalue weighted by Crippen LogP contribution is -2.32. The van der Waals surface area contributed by atoms with Crippen LogP contribution < -0.4 is 16.0 Å². The van der Waals surface area contributed by atoms with Gasteiger partial charge < -0.3 is 4.74 Å². The summed E-state index contributed by atoms with van der Waals surface area (Å²) in [6.45, 7) is 0.00360. The number of hydrazine groups is 1. The molecule has 1 saturated carbocycles. The molecule has 2 aromatic rings. The largest absolute Gasteiger partial charge is 0.468 e. The van der Waals surface area contributed by atoms with E-state index in [1.54, 1.807) is 6.07 Å². The van der Waals surface area contributed by atoms with Gasteiger partial charge >= 0.3 is 6.18 Å². The van der Waals surface area contributed by atoms with Gasteiger partial charge in [-0.1, -0.05) is 24.4 Å². The Morgan fingerprint density at radius 1 is 1.31 bits per heavy atom. The molecule has 7 nitrogen and oxygen atoms in total. The molecule has 156 valence electrons. The van der Waals surface area contributed by atoms with Gasteiger partial charge in [-0.2, -0.15) is 13.2 Å². The minimum Gasteiger partial charge on any atom is -0.468 e. The summed E-state index contributed by atoms with van der Waals surface area (Å²) in [6.07, 6.45) is -1.27. The van der Waals surface area contributed by atoms with Crippen molar-refractivity contribution in [1.29, 1.82) is 0 Å². The fourth-order valence-electron chi connectivity index (χ4n) is 3.61. The Kier molecular flexibility index (Phi) is 6.23. The van der Waals surface area contributed by atoms with E-state index in [0.717, 1.165) is 25.7 Å². The molecular weight excluding hydrogens is 411 g/mol. The molecule has 1 amide bonds. The first kappa shape index (κ1) is 21.3. The third kappa shape index (κ3) is 4.76. The average molecular weight is 430 g/mol. The number of carbonyl (C=O) groups is 1. The van der Waals surface area contributed by atoms with Crippen molar-refractivity contribution in [3.8, 4) is 17.1 Å². The fraction of sp³-hybridized carbons (Fsp3) is 0.444. The van der Waals surface area contributed by atoms with Crippen molar-refractivity contribution in [2.45, 2.75) is 44.7 Å². The van der Waals surface area contributed by atoms with Gasteiger partial charge in [0.05, 0.1) is 17.0 Å². The molecule has 1 aliphatic carbocycles. The maximum absolute atomic E-state index is 12.8. The van der Waals surface area contributed by atoms with E-state index in [-0.39, 0.29) is 33.9 Å². The predicted molar refractivity (Wildman–Crippen MR) is 99.4 cm³/mol. The number of aryl methyl sites for hydroxylation is 1. The fourth-order valence-corrected chi connectivity index (χ4v) is 3.71. The van der Waals surface area contributed by atoms with E-state index >= 15 is 0 Å². The van der Waals surface area contributed by atoms with Crippen LogP contribution in [0.5, 0.6) is 5.88 Å². The number of ether oxygens (including phenoxy) is 1. The van der Waals surface area contributed by atoms with Gasteiger partial charge in [0.1, 0.15) is 0 Å². The van der Waals surface area contributed by atoms with Gasteiger partial charge in [-0.15, -0.1) is 10.2 Å². The summed E-state index contributed by atoms with van der Waals surface area (Å²) in [5, 5.41) is 7.99. The summed E-state index contributed by atoms with van der Waals surface area (Å²) in [7, 11) is 0. The molecule has 2 heterocycles. The molecule has 0 saturated heterocycles. The molecule has 0 bridgehead atoms. The number of rotatable bonds is 5. The van der Waals surface area contributed by atoms with E-state index in [1.807, 2.05) is 0 Å². The number of amides is 1. The van der Waals surface area contributed by atoms with E-state index < -0.39 is 18.7 Å². The number of hydrogen-bond donors (Lipinski definition) is 2. The number of pyridine rings is 1. The molecule has 1 aliphatic rings. The molecule has 0 atom stereocenters. The molecule has 0 aromatic carbocycles. The topological polar surface area (TPSA) is 103 Å². The third-order valence-electron chi connectivity index (χ3n) is 4.76. The predicted octanol–water partition coefficient (Wildman–Crippen LogP) is 3.70. The van der Waals surface area contributed by atoms with Crippen LogP contribution in [0.3, 0.4) is 0 Å². The van der Waals surface area contributed by atoms with Gasteiger partial charge in [-0.05, 0) is 37.8 Å². The number of nitrogens with one attached hydrogen (secondary N) is 1. The number of hydrogen-bond acceptors (Lipinski definition) is 6. The molecule has 29 heavy (non-hydrogen) atoms. The summed E-state index contributed by atoms with van der Waals surface area (Å²) >= 11 is 5.82. The van der Waals surface area contributed by atoms with Crippen molar-refractivity contribution in [1.82, 2.24) is 20.6 Å². The van der Waals surface area contributed by atoms with Gasteiger partial charge in [0, 0.05) is 11.1 Å². The number of nitrogens with two attached hydrogens (primary N) is 1. The highest BCUT2D eigenvalue weighted by Crippen LogP contribution is 2.45. The van der Waals surface area contributed by atoms with Crippen LogP contribution in [-0.2, 0) is 0 Å². The van der Waals surface area contributed by atoms with Crippen molar-refractivity contribution in [2.24, 2.45) is 5.84 Å². The van der Waals surface area contributed by atoms with Crippen LogP contribution in [0.4, 0.5) is 13.2 Å². The normalized spacial score (nSPS) is 14.8. The quantitative estimate of drug-likeness (QED) is 0.426. The van der Waals surface area contributed by atoms with E-state index in [0.29, 0.717) is 11.1 Å². The number of halogens is 4. The molecule has 1 fully saturated rings. The third-order valence-corrected chi connectivity index (χ3v) is 4.96. The van der Waals surface area contributed by atoms with E-state index in [9.17, 15) is 18.0 Å². The second kappa shape index (κ2) is 8.50. The molecular formula is C18H19ClF3N5O2. The first-order chi connectivity index (χ1) is 13.7. The molecule has 3 rings (SSSR count). The van der Waals surface area contributed by atoms with Gasteiger partial charge in [0.25, 0.3) is 5.91 Å². The van der Waals surface area contributed by atoms with E-state index in [4.69, 9.17) is 22.2 Å². The summed E-state index contributed by atoms with van der Waals surface area (Å²) < 4.78 is 43.5. The Balaban J connectivity index is 2.27. The van der Waals surface area contributed by atoms with Crippen LogP contribution >= 0.6 is 11.6 Å². The summed E-state index contributed by atoms with van der Waals surface area (Å²) in [5.74, 6) is 4.41. The maximum atomic E-state index is 12.8. The zero-order chi connectivity index (χ0) is 21.2. The van der Waals surface area contributed by atoms with E-state index in [2.05, 4.69) is 20.6 Å². The Labute approximate surface area is 169 Å². The Morgan fingerprint density at radius 3 is 2.55 bits per heavy atom. The lowest BCUT2D eigenvalue weighted by molar-refractivity contribution is -0.154. The Morgan fingerprint density at radius 2 is 2.00 bits per heavy atom. The SMILES string of the molecule is Cc1nc(OCC(F)(F)F)c(C2CCCC2)c(-c2ccc(Cl)nn2)c1C(=O)NN. The average Bonchev–Trinajstić information content (AvgIpc) is 3.19. The van der Waals surface area contributed by atoms with E-state index in [1.165, 1.54) is 13.0 Å². The number of alkyl halides is 3. The van der Waals surface area contributed by atoms with Crippen molar-refractivity contribution in [3.05, 3.63) is 34.1 Å². The van der Waals surface area contributed by atoms with Crippen LogP contribution in [0.15, 0.2) is 12.1 Å². The van der Waals surface area contributed by atoms with Crippen LogP contribution in [-0.4, -0.2) is 33.9 Å². The lowest BCUT2D eigenvalue weighted by atomic mass is 9.88. The summed E-state index contributed by atoms with van der Waals surface area (Å²) in [6, 6.07) is 3.03. The molecule has 3 N–H and O–H groups in total. The smallest absolute Gasteiger partial charge is 0.422 e. The minimum absolute atomic E-state index is 0.116. The first-order valence-corrected chi connectivity index (χ1v) is 9.33. The van der Waals surface area contributed by atoms with Crippen LogP contribution in [0.2, 0.25) is 5.15 Å². The lowest BCUT2D eigenvalue weighted by Gasteiger charge is -2.23. The number of carbonyl (C=O) groups excluding carboxylic acids is 1.